The van der Waals surface area contributed by atoms with Crippen molar-refractivity contribution in [2.45, 2.75) is 19.3 Å². The first-order valence-corrected chi connectivity index (χ1v) is 11.0. The van der Waals surface area contributed by atoms with Crippen LogP contribution >= 0.6 is 0 Å². The van der Waals surface area contributed by atoms with Crippen molar-refractivity contribution in [1.29, 1.82) is 0 Å². The highest BCUT2D eigenvalue weighted by atomic mass is 19.4. The molecule has 5 rings (SSSR count). The molecule has 0 aromatic heterocycles. The van der Waals surface area contributed by atoms with Crippen molar-refractivity contribution < 1.29 is 45.5 Å². The second kappa shape index (κ2) is 7.53. The Balaban J connectivity index is 1.55. The molecule has 1 aromatic rings. The Hall–Kier alpha value is -3.44. The van der Waals surface area contributed by atoms with Crippen LogP contribution in [0.3, 0.4) is 0 Å². The SMILES string of the molecule is CC1C=CC(c2ccc(N3C(=O)C4C5C(=O)N(C)C(=O)C5C4C3=O)c(C(F)(F)F)c2)=CC1C(F)(F)F. The lowest BCUT2D eigenvalue weighted by Gasteiger charge is -2.36. The van der Waals surface area contributed by atoms with E-state index in [0.29, 0.717) is 11.0 Å². The summed E-state index contributed by atoms with van der Waals surface area (Å²) in [7, 11) is 1.21. The van der Waals surface area contributed by atoms with Gasteiger partial charge in [0.25, 0.3) is 0 Å². The van der Waals surface area contributed by atoms with Crippen molar-refractivity contribution in [3.05, 3.63) is 47.6 Å². The van der Waals surface area contributed by atoms with Crippen LogP contribution in [0.15, 0.2) is 36.4 Å². The van der Waals surface area contributed by atoms with E-state index in [1.165, 1.54) is 26.1 Å². The van der Waals surface area contributed by atoms with Gasteiger partial charge >= 0.3 is 12.4 Å². The van der Waals surface area contributed by atoms with Crippen molar-refractivity contribution >= 4 is 34.9 Å². The van der Waals surface area contributed by atoms with Crippen LogP contribution in [0.4, 0.5) is 32.0 Å². The van der Waals surface area contributed by atoms with Gasteiger partial charge in [0.15, 0.2) is 0 Å². The zero-order valence-electron chi connectivity index (χ0n) is 18.7. The van der Waals surface area contributed by atoms with E-state index in [-0.39, 0.29) is 11.1 Å². The predicted octanol–water partition coefficient (Wildman–Crippen LogP) is 3.82. The van der Waals surface area contributed by atoms with Crippen LogP contribution in [0.2, 0.25) is 0 Å². The summed E-state index contributed by atoms with van der Waals surface area (Å²) in [5, 5.41) is 0. The van der Waals surface area contributed by atoms with E-state index in [4.69, 9.17) is 0 Å². The molecule has 6 nitrogen and oxygen atoms in total. The molecule has 1 saturated carbocycles. The molecule has 0 N–H and O–H groups in total. The fraction of sp³-hybridized carbons (Fsp3) is 0.417. The second-order valence-corrected chi connectivity index (χ2v) is 9.49. The van der Waals surface area contributed by atoms with Crippen LogP contribution in [0, 0.1) is 35.5 Å². The number of fused-ring (bicyclic) bond motifs is 4. The van der Waals surface area contributed by atoms with Crippen LogP contribution in [-0.4, -0.2) is 41.8 Å². The van der Waals surface area contributed by atoms with Gasteiger partial charge in [-0.15, -0.1) is 0 Å². The molecule has 0 spiro atoms. The molecule has 190 valence electrons. The van der Waals surface area contributed by atoms with Crippen LogP contribution in [-0.2, 0) is 25.4 Å². The summed E-state index contributed by atoms with van der Waals surface area (Å²) in [6.07, 6.45) is -6.27. The van der Waals surface area contributed by atoms with Crippen LogP contribution < -0.4 is 4.90 Å². The fourth-order valence-corrected chi connectivity index (χ4v) is 5.68. The Kier molecular flexibility index (Phi) is 5.08. The van der Waals surface area contributed by atoms with Crippen LogP contribution in [0.1, 0.15) is 18.1 Å². The molecule has 2 heterocycles. The molecule has 2 aliphatic heterocycles. The third-order valence-electron chi connectivity index (χ3n) is 7.55. The number of alkyl halides is 6. The zero-order valence-corrected chi connectivity index (χ0v) is 18.7. The lowest BCUT2D eigenvalue weighted by atomic mass is 9.59. The maximum absolute atomic E-state index is 14.1. The third kappa shape index (κ3) is 3.26. The molecule has 6 unspecified atom stereocenters. The number of halogens is 6. The Bertz CT molecular complexity index is 1240. The Labute approximate surface area is 200 Å². The highest BCUT2D eigenvalue weighted by molar-refractivity contribution is 6.27. The summed E-state index contributed by atoms with van der Waals surface area (Å²) in [6.45, 7) is 1.34. The first-order valence-electron chi connectivity index (χ1n) is 11.0. The first kappa shape index (κ1) is 24.3. The molecule has 3 fully saturated rings. The highest BCUT2D eigenvalue weighted by Gasteiger charge is 2.73. The number of hydrogen-bond acceptors (Lipinski definition) is 4. The minimum absolute atomic E-state index is 0.0830. The quantitative estimate of drug-likeness (QED) is 0.446. The van der Waals surface area contributed by atoms with Crippen molar-refractivity contribution in [1.82, 2.24) is 4.90 Å². The molecular weight excluding hydrogens is 494 g/mol. The van der Waals surface area contributed by atoms with E-state index in [1.807, 2.05) is 0 Å². The van der Waals surface area contributed by atoms with Gasteiger partial charge in [0, 0.05) is 7.05 Å². The van der Waals surface area contributed by atoms with E-state index in [9.17, 15) is 45.5 Å². The molecular formula is C24H18F6N2O4. The van der Waals surface area contributed by atoms with Gasteiger partial charge in [-0.1, -0.05) is 31.2 Å². The molecule has 36 heavy (non-hydrogen) atoms. The number of anilines is 1. The summed E-state index contributed by atoms with van der Waals surface area (Å²) in [5.74, 6) is -10.8. The lowest BCUT2D eigenvalue weighted by molar-refractivity contribution is -0.168. The van der Waals surface area contributed by atoms with Gasteiger partial charge in [0.1, 0.15) is 0 Å². The molecule has 1 aromatic carbocycles. The summed E-state index contributed by atoms with van der Waals surface area (Å²) in [4.78, 5) is 51.9. The maximum atomic E-state index is 14.1. The predicted molar refractivity (Wildman–Crippen MR) is 112 cm³/mol. The number of nitrogens with zero attached hydrogens (tertiary/aromatic N) is 2. The fourth-order valence-electron chi connectivity index (χ4n) is 5.68. The van der Waals surface area contributed by atoms with E-state index < -0.39 is 82.7 Å². The molecule has 0 bridgehead atoms. The van der Waals surface area contributed by atoms with Crippen LogP contribution in [0.5, 0.6) is 0 Å². The maximum Gasteiger partial charge on any atom is 0.418 e. The number of likely N-dealkylation sites (tertiary alicyclic amines) is 1. The molecule has 4 amide bonds. The average molecular weight is 512 g/mol. The number of amides is 4. The normalized spacial score (nSPS) is 32.1. The highest BCUT2D eigenvalue weighted by Crippen LogP contribution is 2.57. The van der Waals surface area contributed by atoms with Gasteiger partial charge in [-0.25, -0.2) is 4.90 Å². The summed E-state index contributed by atoms with van der Waals surface area (Å²) >= 11 is 0. The zero-order chi connectivity index (χ0) is 26.5. The third-order valence-corrected chi connectivity index (χ3v) is 7.55. The standard InChI is InChI=1S/C24H18F6N2O4/c1-9-3-4-10(7-12(9)23(25,26)27)11-5-6-14(13(8-11)24(28,29)30)32-21(35)17-15-16(18(17)22(32)36)20(34)31(2)19(15)33/h3-9,12,15-18H,1-2H3. The summed E-state index contributed by atoms with van der Waals surface area (Å²) < 4.78 is 82.3. The Morgan fingerprint density at radius 2 is 1.33 bits per heavy atom. The minimum atomic E-state index is -5.06. The molecule has 2 aliphatic carbocycles. The number of carbonyl (C=O) groups is 4. The molecule has 4 aliphatic rings. The molecule has 2 saturated heterocycles. The Morgan fingerprint density at radius 1 is 0.806 bits per heavy atom. The van der Waals surface area contributed by atoms with Gasteiger partial charge < -0.3 is 0 Å². The van der Waals surface area contributed by atoms with Gasteiger partial charge in [0.2, 0.25) is 23.6 Å². The second-order valence-electron chi connectivity index (χ2n) is 9.49. The van der Waals surface area contributed by atoms with E-state index in [0.717, 1.165) is 23.1 Å². The van der Waals surface area contributed by atoms with E-state index >= 15 is 0 Å². The largest absolute Gasteiger partial charge is 0.418 e. The van der Waals surface area contributed by atoms with Gasteiger partial charge in [-0.3, -0.25) is 24.1 Å². The van der Waals surface area contributed by atoms with Gasteiger partial charge in [0.05, 0.1) is 40.8 Å². The lowest BCUT2D eigenvalue weighted by Crippen LogP contribution is -2.50. The number of benzene rings is 1. The topological polar surface area (TPSA) is 74.8 Å². The number of allylic oxidation sites excluding steroid dienone is 4. The number of hydrogen-bond donors (Lipinski definition) is 0. The summed E-state index contributed by atoms with van der Waals surface area (Å²) in [5.41, 5.74) is -2.43. The number of imide groups is 2. The summed E-state index contributed by atoms with van der Waals surface area (Å²) in [6, 6.07) is 2.57. The monoisotopic (exact) mass is 512 g/mol. The molecule has 6 atom stereocenters. The van der Waals surface area contributed by atoms with Gasteiger partial charge in [-0.2, -0.15) is 26.3 Å². The van der Waals surface area contributed by atoms with E-state index in [1.54, 1.807) is 0 Å². The number of carbonyl (C=O) groups excluding carboxylic acids is 4. The van der Waals surface area contributed by atoms with Crippen molar-refractivity contribution in [2.75, 3.05) is 11.9 Å². The molecule has 12 heteroatoms. The number of rotatable bonds is 2. The average Bonchev–Trinajstić information content (AvgIpc) is 3.07. The van der Waals surface area contributed by atoms with Crippen molar-refractivity contribution in [3.8, 4) is 0 Å². The van der Waals surface area contributed by atoms with Crippen molar-refractivity contribution in [2.24, 2.45) is 35.5 Å². The van der Waals surface area contributed by atoms with Crippen LogP contribution in [0.25, 0.3) is 5.57 Å². The molecule has 0 radical (unpaired) electrons. The minimum Gasteiger partial charge on any atom is -0.285 e. The van der Waals surface area contributed by atoms with Gasteiger partial charge in [-0.05, 0) is 29.2 Å². The van der Waals surface area contributed by atoms with Crippen molar-refractivity contribution in [3.63, 3.8) is 0 Å². The Morgan fingerprint density at radius 3 is 1.83 bits per heavy atom. The first-order chi connectivity index (χ1) is 16.6. The smallest absolute Gasteiger partial charge is 0.285 e. The van der Waals surface area contributed by atoms with E-state index in [2.05, 4.69) is 0 Å².